The molecular formula is C10H13BrN2OS. The number of carbonyl (C=O) groups is 1. The quantitative estimate of drug-likeness (QED) is 0.860. The van der Waals surface area contributed by atoms with Gasteiger partial charge in [-0.3, -0.25) is 4.79 Å². The highest BCUT2D eigenvalue weighted by Gasteiger charge is 2.23. The van der Waals surface area contributed by atoms with Gasteiger partial charge in [-0.2, -0.15) is 0 Å². The molecule has 1 amide bonds. The molecule has 0 aromatic carbocycles. The van der Waals surface area contributed by atoms with Crippen molar-refractivity contribution < 1.29 is 4.79 Å². The van der Waals surface area contributed by atoms with E-state index in [0.717, 1.165) is 35.3 Å². The molecule has 0 unspecified atom stereocenters. The van der Waals surface area contributed by atoms with Crippen LogP contribution in [0.3, 0.4) is 0 Å². The molecule has 0 spiro atoms. The molecule has 82 valence electrons. The smallest absolute Gasteiger partial charge is 0.265 e. The Morgan fingerprint density at radius 2 is 2.20 bits per heavy atom. The van der Waals surface area contributed by atoms with Crippen LogP contribution in [0.2, 0.25) is 0 Å². The fourth-order valence-corrected chi connectivity index (χ4v) is 3.20. The Kier molecular flexibility index (Phi) is 3.43. The van der Waals surface area contributed by atoms with Crippen LogP contribution in [-0.4, -0.2) is 29.9 Å². The van der Waals surface area contributed by atoms with Crippen molar-refractivity contribution in [2.75, 3.05) is 13.1 Å². The van der Waals surface area contributed by atoms with Crippen molar-refractivity contribution in [2.45, 2.75) is 18.9 Å². The first kappa shape index (κ1) is 11.1. The molecule has 2 N–H and O–H groups in total. The zero-order valence-electron chi connectivity index (χ0n) is 8.28. The molecule has 5 heteroatoms. The number of rotatable bonds is 1. The number of thiophene rings is 1. The average Bonchev–Trinajstić information content (AvgIpc) is 2.65. The summed E-state index contributed by atoms with van der Waals surface area (Å²) in [7, 11) is 0. The summed E-state index contributed by atoms with van der Waals surface area (Å²) in [6.45, 7) is 1.56. The van der Waals surface area contributed by atoms with Crippen molar-refractivity contribution >= 4 is 33.2 Å². The number of hydrogen-bond acceptors (Lipinski definition) is 3. The second kappa shape index (κ2) is 4.63. The van der Waals surface area contributed by atoms with E-state index in [1.807, 2.05) is 16.3 Å². The molecule has 1 aliphatic rings. The molecule has 0 radical (unpaired) electrons. The van der Waals surface area contributed by atoms with Crippen molar-refractivity contribution in [1.82, 2.24) is 4.90 Å². The van der Waals surface area contributed by atoms with Gasteiger partial charge in [0.1, 0.15) is 4.88 Å². The Morgan fingerprint density at radius 3 is 2.73 bits per heavy atom. The van der Waals surface area contributed by atoms with Crippen molar-refractivity contribution in [1.29, 1.82) is 0 Å². The largest absolute Gasteiger partial charge is 0.338 e. The van der Waals surface area contributed by atoms with Gasteiger partial charge in [-0.1, -0.05) is 0 Å². The first-order chi connectivity index (χ1) is 7.18. The molecule has 1 fully saturated rings. The van der Waals surface area contributed by atoms with Crippen LogP contribution in [-0.2, 0) is 0 Å². The normalized spacial score (nSPS) is 18.1. The Hall–Kier alpha value is -0.390. The summed E-state index contributed by atoms with van der Waals surface area (Å²) in [6, 6.07) is 2.17. The van der Waals surface area contributed by atoms with Gasteiger partial charge in [-0.15, -0.1) is 11.3 Å². The maximum absolute atomic E-state index is 12.1. The second-order valence-corrected chi connectivity index (χ2v) is 5.50. The van der Waals surface area contributed by atoms with Crippen LogP contribution in [0.5, 0.6) is 0 Å². The van der Waals surface area contributed by atoms with E-state index in [1.165, 1.54) is 11.3 Å². The van der Waals surface area contributed by atoms with Gasteiger partial charge in [0.05, 0.1) is 0 Å². The van der Waals surface area contributed by atoms with Gasteiger partial charge >= 0.3 is 0 Å². The van der Waals surface area contributed by atoms with Gasteiger partial charge in [0.25, 0.3) is 5.91 Å². The lowest BCUT2D eigenvalue weighted by molar-refractivity contribution is 0.0719. The number of carbonyl (C=O) groups excluding carboxylic acids is 1. The SMILES string of the molecule is NC1CCN(C(=O)c2sccc2Br)CC1. The summed E-state index contributed by atoms with van der Waals surface area (Å²) in [4.78, 5) is 14.7. The third-order valence-electron chi connectivity index (χ3n) is 2.64. The van der Waals surface area contributed by atoms with E-state index < -0.39 is 0 Å². The number of piperidine rings is 1. The van der Waals surface area contributed by atoms with Crippen molar-refractivity contribution in [3.8, 4) is 0 Å². The Labute approximate surface area is 101 Å². The molecule has 1 aromatic rings. The summed E-state index contributed by atoms with van der Waals surface area (Å²) < 4.78 is 0.896. The topological polar surface area (TPSA) is 46.3 Å². The number of nitrogens with two attached hydrogens (primary N) is 1. The van der Waals surface area contributed by atoms with Crippen LogP contribution in [0.15, 0.2) is 15.9 Å². The van der Waals surface area contributed by atoms with Crippen molar-refractivity contribution in [3.63, 3.8) is 0 Å². The van der Waals surface area contributed by atoms with Gasteiger partial charge in [0, 0.05) is 23.6 Å². The van der Waals surface area contributed by atoms with Gasteiger partial charge < -0.3 is 10.6 Å². The van der Waals surface area contributed by atoms with E-state index in [0.29, 0.717) is 0 Å². The van der Waals surface area contributed by atoms with E-state index in [4.69, 9.17) is 5.73 Å². The molecule has 0 aliphatic carbocycles. The molecule has 1 aliphatic heterocycles. The zero-order valence-corrected chi connectivity index (χ0v) is 10.7. The number of hydrogen-bond donors (Lipinski definition) is 1. The van der Waals surface area contributed by atoms with Gasteiger partial charge in [0.15, 0.2) is 0 Å². The first-order valence-corrected chi connectivity index (χ1v) is 6.63. The Bertz CT molecular complexity index is 358. The molecule has 0 saturated carbocycles. The molecule has 1 saturated heterocycles. The summed E-state index contributed by atoms with van der Waals surface area (Å²) >= 11 is 4.87. The minimum atomic E-state index is 0.128. The van der Waals surface area contributed by atoms with Gasteiger partial charge in [-0.25, -0.2) is 0 Å². The fourth-order valence-electron chi connectivity index (χ4n) is 1.69. The van der Waals surface area contributed by atoms with Crippen LogP contribution in [0.25, 0.3) is 0 Å². The third kappa shape index (κ3) is 2.41. The molecule has 3 nitrogen and oxygen atoms in total. The minimum Gasteiger partial charge on any atom is -0.338 e. The maximum Gasteiger partial charge on any atom is 0.265 e. The van der Waals surface area contributed by atoms with Crippen LogP contribution in [0.4, 0.5) is 0 Å². The summed E-state index contributed by atoms with van der Waals surface area (Å²) in [5.41, 5.74) is 5.80. The van der Waals surface area contributed by atoms with Crippen LogP contribution in [0, 0.1) is 0 Å². The predicted molar refractivity (Wildman–Crippen MR) is 65.1 cm³/mol. The number of halogens is 1. The van der Waals surface area contributed by atoms with Gasteiger partial charge in [-0.05, 0) is 40.2 Å². The lowest BCUT2D eigenvalue weighted by Gasteiger charge is -2.29. The van der Waals surface area contributed by atoms with Crippen LogP contribution in [0.1, 0.15) is 22.5 Å². The molecule has 0 atom stereocenters. The monoisotopic (exact) mass is 288 g/mol. The molecule has 2 heterocycles. The zero-order chi connectivity index (χ0) is 10.8. The molecular weight excluding hydrogens is 276 g/mol. The fraction of sp³-hybridized carbons (Fsp3) is 0.500. The van der Waals surface area contributed by atoms with Crippen LogP contribution >= 0.6 is 27.3 Å². The highest BCUT2D eigenvalue weighted by Crippen LogP contribution is 2.25. The summed E-state index contributed by atoms with van der Waals surface area (Å²) in [5.74, 6) is 0.128. The Morgan fingerprint density at radius 1 is 1.53 bits per heavy atom. The highest BCUT2D eigenvalue weighted by atomic mass is 79.9. The van der Waals surface area contributed by atoms with Gasteiger partial charge in [0.2, 0.25) is 0 Å². The minimum absolute atomic E-state index is 0.128. The standard InChI is InChI=1S/C10H13BrN2OS/c11-8-3-6-15-9(8)10(14)13-4-1-7(12)2-5-13/h3,6-7H,1-2,4-5,12H2. The lowest BCUT2D eigenvalue weighted by atomic mass is 10.1. The lowest BCUT2D eigenvalue weighted by Crippen LogP contribution is -2.42. The summed E-state index contributed by atoms with van der Waals surface area (Å²) in [5, 5.41) is 1.92. The predicted octanol–water partition coefficient (Wildman–Crippen LogP) is 2.07. The summed E-state index contributed by atoms with van der Waals surface area (Å²) in [6.07, 6.45) is 1.82. The van der Waals surface area contributed by atoms with Crippen molar-refractivity contribution in [2.24, 2.45) is 5.73 Å². The Balaban J connectivity index is 2.06. The van der Waals surface area contributed by atoms with Crippen molar-refractivity contribution in [3.05, 3.63) is 20.8 Å². The van der Waals surface area contributed by atoms with E-state index in [9.17, 15) is 4.79 Å². The number of nitrogens with zero attached hydrogens (tertiary/aromatic N) is 1. The third-order valence-corrected chi connectivity index (χ3v) is 4.46. The second-order valence-electron chi connectivity index (χ2n) is 3.73. The van der Waals surface area contributed by atoms with E-state index in [2.05, 4.69) is 15.9 Å². The molecule has 2 rings (SSSR count). The van der Waals surface area contributed by atoms with E-state index in [1.54, 1.807) is 0 Å². The molecule has 15 heavy (non-hydrogen) atoms. The molecule has 1 aromatic heterocycles. The van der Waals surface area contributed by atoms with E-state index >= 15 is 0 Å². The number of likely N-dealkylation sites (tertiary alicyclic amines) is 1. The average molecular weight is 289 g/mol. The maximum atomic E-state index is 12.1. The number of amides is 1. The van der Waals surface area contributed by atoms with E-state index in [-0.39, 0.29) is 11.9 Å². The first-order valence-electron chi connectivity index (χ1n) is 4.96. The van der Waals surface area contributed by atoms with Crippen LogP contribution < -0.4 is 5.73 Å². The highest BCUT2D eigenvalue weighted by molar-refractivity contribution is 9.10. The molecule has 0 bridgehead atoms.